The standard InChI is InChI=1S/C22H17N3O5S2/c1-13(2)25-32(28,29)18-7-4-14(5-8-18)3-6-15-11-23-12-16-9-17(30-20(15)16)10-19-21(26)24-22(27)31-19/h4-5,7-13,25H,1-2H3,(H,24,26,27). The van der Waals surface area contributed by atoms with Crippen LogP contribution in [0.3, 0.4) is 0 Å². The first kappa shape index (κ1) is 21.8. The van der Waals surface area contributed by atoms with Crippen LogP contribution in [0.2, 0.25) is 0 Å². The number of carbonyl (C=O) groups is 2. The maximum Gasteiger partial charge on any atom is 0.290 e. The highest BCUT2D eigenvalue weighted by molar-refractivity contribution is 8.18. The van der Waals surface area contributed by atoms with Gasteiger partial charge < -0.3 is 4.42 Å². The van der Waals surface area contributed by atoms with Crippen molar-refractivity contribution in [3.8, 4) is 11.8 Å². The van der Waals surface area contributed by atoms with Crippen molar-refractivity contribution in [2.75, 3.05) is 0 Å². The summed E-state index contributed by atoms with van der Waals surface area (Å²) in [6.45, 7) is 3.51. The molecule has 1 aliphatic rings. The largest absolute Gasteiger partial charge is 0.455 e. The predicted octanol–water partition coefficient (Wildman–Crippen LogP) is 3.24. The third kappa shape index (κ3) is 4.75. The van der Waals surface area contributed by atoms with Crippen LogP contribution in [0, 0.1) is 11.8 Å². The first-order chi connectivity index (χ1) is 15.2. The highest BCUT2D eigenvalue weighted by Crippen LogP contribution is 2.28. The third-order valence-corrected chi connectivity index (χ3v) is 6.74. The summed E-state index contributed by atoms with van der Waals surface area (Å²) >= 11 is 0.807. The van der Waals surface area contributed by atoms with E-state index in [0.717, 1.165) is 11.8 Å². The lowest BCUT2D eigenvalue weighted by Crippen LogP contribution is -2.30. The van der Waals surface area contributed by atoms with E-state index in [1.165, 1.54) is 18.2 Å². The Kier molecular flexibility index (Phi) is 5.88. The van der Waals surface area contributed by atoms with Gasteiger partial charge in [0.1, 0.15) is 5.76 Å². The summed E-state index contributed by atoms with van der Waals surface area (Å²) in [5, 5.41) is 2.46. The smallest absolute Gasteiger partial charge is 0.290 e. The van der Waals surface area contributed by atoms with Crippen LogP contribution in [0.25, 0.3) is 17.0 Å². The van der Waals surface area contributed by atoms with E-state index in [-0.39, 0.29) is 15.8 Å². The maximum atomic E-state index is 12.2. The monoisotopic (exact) mass is 467 g/mol. The van der Waals surface area contributed by atoms with Gasteiger partial charge in [0.25, 0.3) is 11.1 Å². The fraction of sp³-hybridized carbons (Fsp3) is 0.136. The molecule has 32 heavy (non-hydrogen) atoms. The van der Waals surface area contributed by atoms with Gasteiger partial charge in [0.2, 0.25) is 10.0 Å². The van der Waals surface area contributed by atoms with E-state index < -0.39 is 21.2 Å². The Balaban J connectivity index is 1.61. The van der Waals surface area contributed by atoms with Gasteiger partial charge in [-0.15, -0.1) is 0 Å². The molecule has 0 unspecified atom stereocenters. The van der Waals surface area contributed by atoms with E-state index in [9.17, 15) is 18.0 Å². The first-order valence-corrected chi connectivity index (χ1v) is 11.8. The third-order valence-electron chi connectivity index (χ3n) is 4.25. The van der Waals surface area contributed by atoms with E-state index in [1.807, 2.05) is 0 Å². The number of imide groups is 1. The van der Waals surface area contributed by atoms with Gasteiger partial charge in [0, 0.05) is 35.5 Å². The molecule has 2 amide bonds. The lowest BCUT2D eigenvalue weighted by molar-refractivity contribution is -0.115. The topological polar surface area (TPSA) is 118 Å². The van der Waals surface area contributed by atoms with Crippen molar-refractivity contribution >= 4 is 50.0 Å². The van der Waals surface area contributed by atoms with Crippen LogP contribution in [0.15, 0.2) is 56.9 Å². The Morgan fingerprint density at radius 2 is 1.91 bits per heavy atom. The molecule has 1 fully saturated rings. The molecule has 3 aromatic rings. The first-order valence-electron chi connectivity index (χ1n) is 9.48. The van der Waals surface area contributed by atoms with E-state index >= 15 is 0 Å². The summed E-state index contributed by atoms with van der Waals surface area (Å²) in [6, 6.07) is 7.75. The zero-order valence-electron chi connectivity index (χ0n) is 17.0. The fourth-order valence-corrected chi connectivity index (χ4v) is 4.84. The minimum atomic E-state index is -3.57. The van der Waals surface area contributed by atoms with Gasteiger partial charge in [-0.1, -0.05) is 11.8 Å². The van der Waals surface area contributed by atoms with Crippen molar-refractivity contribution < 1.29 is 22.4 Å². The number of sulfonamides is 1. The Morgan fingerprint density at radius 3 is 2.56 bits per heavy atom. The molecule has 0 atom stereocenters. The molecular weight excluding hydrogens is 450 g/mol. The van der Waals surface area contributed by atoms with E-state index in [1.54, 1.807) is 44.4 Å². The molecule has 0 saturated carbocycles. The zero-order chi connectivity index (χ0) is 22.9. The number of fused-ring (bicyclic) bond motifs is 1. The number of nitrogens with one attached hydrogen (secondary N) is 2. The van der Waals surface area contributed by atoms with Crippen LogP contribution in [-0.2, 0) is 14.8 Å². The number of nitrogens with zero attached hydrogens (tertiary/aromatic N) is 1. The van der Waals surface area contributed by atoms with Crippen molar-refractivity contribution in [3.63, 3.8) is 0 Å². The van der Waals surface area contributed by atoms with Crippen molar-refractivity contribution in [3.05, 3.63) is 64.5 Å². The highest BCUT2D eigenvalue weighted by Gasteiger charge is 2.25. The average Bonchev–Trinajstić information content (AvgIpc) is 3.28. The van der Waals surface area contributed by atoms with E-state index in [2.05, 4.69) is 26.9 Å². The number of pyridine rings is 1. The number of hydrogen-bond donors (Lipinski definition) is 2. The van der Waals surface area contributed by atoms with Crippen LogP contribution in [0.4, 0.5) is 4.79 Å². The summed E-state index contributed by atoms with van der Waals surface area (Å²) in [5.74, 6) is 5.89. The van der Waals surface area contributed by atoms with E-state index in [4.69, 9.17) is 4.42 Å². The number of rotatable bonds is 4. The Morgan fingerprint density at radius 1 is 1.16 bits per heavy atom. The van der Waals surface area contributed by atoms with Crippen molar-refractivity contribution in [1.29, 1.82) is 0 Å². The van der Waals surface area contributed by atoms with Gasteiger partial charge in [0.15, 0.2) is 5.58 Å². The van der Waals surface area contributed by atoms with Crippen molar-refractivity contribution in [1.82, 2.24) is 15.0 Å². The molecule has 8 nitrogen and oxygen atoms in total. The lowest BCUT2D eigenvalue weighted by Gasteiger charge is -2.09. The van der Waals surface area contributed by atoms with Gasteiger partial charge in [-0.3, -0.25) is 19.9 Å². The molecule has 4 rings (SSSR count). The molecule has 10 heteroatoms. The zero-order valence-corrected chi connectivity index (χ0v) is 18.6. The second kappa shape index (κ2) is 8.63. The molecule has 2 N–H and O–H groups in total. The predicted molar refractivity (Wildman–Crippen MR) is 121 cm³/mol. The van der Waals surface area contributed by atoms with Gasteiger partial charge in [-0.05, 0) is 55.9 Å². The summed E-state index contributed by atoms with van der Waals surface area (Å²) in [6.07, 6.45) is 4.66. The molecule has 0 bridgehead atoms. The van der Waals surface area contributed by atoms with E-state index in [0.29, 0.717) is 27.9 Å². The van der Waals surface area contributed by atoms with Crippen molar-refractivity contribution in [2.24, 2.45) is 0 Å². The SMILES string of the molecule is CC(C)NS(=O)(=O)c1ccc(C#Cc2cncc3cc(C=C4SC(=O)NC4=O)oc23)cc1. The number of amides is 2. The van der Waals surface area contributed by atoms with Gasteiger partial charge in [-0.2, -0.15) is 0 Å². The van der Waals surface area contributed by atoms with Crippen LogP contribution in [0.1, 0.15) is 30.7 Å². The number of aromatic nitrogens is 1. The number of benzene rings is 1. The normalized spacial score (nSPS) is 15.3. The quantitative estimate of drug-likeness (QED) is 0.447. The average molecular weight is 468 g/mol. The lowest BCUT2D eigenvalue weighted by atomic mass is 10.2. The molecule has 0 spiro atoms. The molecule has 3 heterocycles. The Bertz CT molecular complexity index is 1430. The number of thioether (sulfide) groups is 1. The van der Waals surface area contributed by atoms with Crippen LogP contribution < -0.4 is 10.0 Å². The molecular formula is C22H17N3O5S2. The highest BCUT2D eigenvalue weighted by atomic mass is 32.2. The van der Waals surface area contributed by atoms with Crippen LogP contribution in [-0.4, -0.2) is 30.6 Å². The van der Waals surface area contributed by atoms with Gasteiger partial charge >= 0.3 is 0 Å². The second-order valence-electron chi connectivity index (χ2n) is 7.16. The summed E-state index contributed by atoms with van der Waals surface area (Å²) < 4.78 is 32.8. The summed E-state index contributed by atoms with van der Waals surface area (Å²) in [7, 11) is -3.57. The Labute approximate surface area is 188 Å². The number of carbonyl (C=O) groups excluding carboxylic acids is 2. The number of furan rings is 1. The second-order valence-corrected chi connectivity index (χ2v) is 9.89. The Hall–Kier alpha value is -3.39. The molecule has 1 aliphatic heterocycles. The summed E-state index contributed by atoms with van der Waals surface area (Å²) in [5.41, 5.74) is 1.65. The molecule has 0 aliphatic carbocycles. The molecule has 0 radical (unpaired) electrons. The maximum absolute atomic E-state index is 12.2. The number of hydrogen-bond acceptors (Lipinski definition) is 7. The molecule has 2 aromatic heterocycles. The van der Waals surface area contributed by atoms with Gasteiger partial charge in [-0.25, -0.2) is 13.1 Å². The van der Waals surface area contributed by atoms with Crippen LogP contribution >= 0.6 is 11.8 Å². The van der Waals surface area contributed by atoms with Crippen molar-refractivity contribution in [2.45, 2.75) is 24.8 Å². The minimum Gasteiger partial charge on any atom is -0.455 e. The van der Waals surface area contributed by atoms with Crippen LogP contribution in [0.5, 0.6) is 0 Å². The minimum absolute atomic E-state index is 0.163. The summed E-state index contributed by atoms with van der Waals surface area (Å²) in [4.78, 5) is 27.6. The molecule has 162 valence electrons. The van der Waals surface area contributed by atoms with Gasteiger partial charge in [0.05, 0.1) is 15.4 Å². The molecule has 1 saturated heterocycles. The molecule has 1 aromatic carbocycles. The fourth-order valence-electron chi connectivity index (χ4n) is 2.93.